The molecule has 0 aliphatic heterocycles. The van der Waals surface area contributed by atoms with Gasteiger partial charge in [-0.1, -0.05) is 48.5 Å². The molecule has 2 aliphatic rings. The molecule has 8 nitrogen and oxygen atoms in total. The van der Waals surface area contributed by atoms with Gasteiger partial charge in [0, 0.05) is 33.1 Å². The highest BCUT2D eigenvalue weighted by atomic mass is 16.5. The molecule has 0 saturated heterocycles. The van der Waals surface area contributed by atoms with E-state index in [1.165, 1.54) is 19.1 Å². The number of ether oxygens (including phenoxy) is 2. The summed E-state index contributed by atoms with van der Waals surface area (Å²) in [5.41, 5.74) is 3.22. The summed E-state index contributed by atoms with van der Waals surface area (Å²) in [5, 5.41) is 12.3. The number of carboxylic acids is 1. The van der Waals surface area contributed by atoms with Crippen molar-refractivity contribution in [3.8, 4) is 11.1 Å². The summed E-state index contributed by atoms with van der Waals surface area (Å²) >= 11 is 0. The number of carbonyl (C=O) groups excluding carboxylic acids is 2. The summed E-state index contributed by atoms with van der Waals surface area (Å²) in [6.07, 6.45) is 1.02. The smallest absolute Gasteiger partial charge is 0.407 e. The number of methoxy groups -OCH3 is 1. The van der Waals surface area contributed by atoms with E-state index in [2.05, 4.69) is 17.4 Å². The minimum absolute atomic E-state index is 0.0980. The summed E-state index contributed by atoms with van der Waals surface area (Å²) in [6.45, 7) is 0.355. The molecule has 0 spiro atoms. The number of nitrogens with zero attached hydrogens (tertiary/aromatic N) is 1. The van der Waals surface area contributed by atoms with Crippen LogP contribution in [-0.4, -0.2) is 66.9 Å². The lowest BCUT2D eigenvalue weighted by molar-refractivity contribution is -0.165. The molecule has 1 unspecified atom stereocenters. The summed E-state index contributed by atoms with van der Waals surface area (Å²) in [5.74, 6) is -1.59. The van der Waals surface area contributed by atoms with Crippen LogP contribution < -0.4 is 5.32 Å². The molecule has 0 heterocycles. The van der Waals surface area contributed by atoms with E-state index in [0.717, 1.165) is 28.7 Å². The first kappa shape index (κ1) is 23.8. The number of alkyl carbamates (subject to hydrolysis) is 1. The zero-order chi connectivity index (χ0) is 24.3. The maximum absolute atomic E-state index is 13.2. The van der Waals surface area contributed by atoms with Crippen molar-refractivity contribution in [2.45, 2.75) is 43.2 Å². The van der Waals surface area contributed by atoms with Crippen LogP contribution >= 0.6 is 0 Å². The molecule has 4 rings (SSSR count). The summed E-state index contributed by atoms with van der Waals surface area (Å²) in [7, 11) is 2.98. The average molecular weight is 467 g/mol. The van der Waals surface area contributed by atoms with E-state index in [9.17, 15) is 19.5 Å². The van der Waals surface area contributed by atoms with E-state index in [0.29, 0.717) is 12.8 Å². The van der Waals surface area contributed by atoms with Crippen molar-refractivity contribution < 1.29 is 29.0 Å². The second kappa shape index (κ2) is 9.85. The zero-order valence-electron chi connectivity index (χ0n) is 19.5. The third-order valence-corrected chi connectivity index (χ3v) is 7.10. The summed E-state index contributed by atoms with van der Waals surface area (Å²) in [4.78, 5) is 39.0. The lowest BCUT2D eigenvalue weighted by atomic mass is 9.75. The Morgan fingerprint density at radius 1 is 1.09 bits per heavy atom. The highest BCUT2D eigenvalue weighted by Gasteiger charge is 2.50. The molecule has 8 heteroatoms. The fourth-order valence-corrected chi connectivity index (χ4v) is 4.92. The molecule has 180 valence electrons. The maximum Gasteiger partial charge on any atom is 0.407 e. The molecule has 2 aliphatic carbocycles. The van der Waals surface area contributed by atoms with Crippen LogP contribution in [-0.2, 0) is 19.1 Å². The topological polar surface area (TPSA) is 105 Å². The van der Waals surface area contributed by atoms with Gasteiger partial charge >= 0.3 is 12.1 Å². The van der Waals surface area contributed by atoms with Gasteiger partial charge in [-0.2, -0.15) is 0 Å². The molecular weight excluding hydrogens is 436 g/mol. The number of carbonyl (C=O) groups is 3. The minimum atomic E-state index is -1.22. The van der Waals surface area contributed by atoms with E-state index >= 15 is 0 Å². The van der Waals surface area contributed by atoms with E-state index in [-0.39, 0.29) is 25.6 Å². The second-order valence-electron chi connectivity index (χ2n) is 8.89. The van der Waals surface area contributed by atoms with E-state index < -0.39 is 29.6 Å². The zero-order valence-corrected chi connectivity index (χ0v) is 19.5. The normalized spacial score (nSPS) is 16.5. The Labute approximate surface area is 198 Å². The Morgan fingerprint density at radius 3 is 2.18 bits per heavy atom. The number of hydrogen-bond acceptors (Lipinski definition) is 5. The van der Waals surface area contributed by atoms with Crippen LogP contribution in [0.25, 0.3) is 11.1 Å². The molecule has 1 saturated carbocycles. The Hall–Kier alpha value is -3.39. The van der Waals surface area contributed by atoms with Gasteiger partial charge in [-0.25, -0.2) is 9.59 Å². The Balaban J connectivity index is 1.44. The number of fused-ring (bicyclic) bond motifs is 3. The van der Waals surface area contributed by atoms with Crippen molar-refractivity contribution >= 4 is 18.0 Å². The van der Waals surface area contributed by atoms with Crippen molar-refractivity contribution in [3.63, 3.8) is 0 Å². The molecule has 2 N–H and O–H groups in total. The van der Waals surface area contributed by atoms with E-state index in [1.807, 2.05) is 36.4 Å². The van der Waals surface area contributed by atoms with Crippen molar-refractivity contribution in [1.82, 2.24) is 10.2 Å². The Morgan fingerprint density at radius 2 is 1.68 bits per heavy atom. The molecular formula is C26H30N2O6. The van der Waals surface area contributed by atoms with Crippen LogP contribution in [0.15, 0.2) is 48.5 Å². The second-order valence-corrected chi connectivity index (χ2v) is 8.89. The van der Waals surface area contributed by atoms with Crippen molar-refractivity contribution in [1.29, 1.82) is 0 Å². The molecule has 0 aromatic heterocycles. The molecule has 1 atom stereocenters. The van der Waals surface area contributed by atoms with Gasteiger partial charge in [-0.15, -0.1) is 0 Å². The van der Waals surface area contributed by atoms with Gasteiger partial charge in [0.1, 0.15) is 18.2 Å². The van der Waals surface area contributed by atoms with Crippen LogP contribution in [0.3, 0.4) is 0 Å². The van der Waals surface area contributed by atoms with Crippen LogP contribution in [0.5, 0.6) is 0 Å². The number of carboxylic acid groups (broad SMARTS) is 1. The summed E-state index contributed by atoms with van der Waals surface area (Å²) < 4.78 is 10.7. The van der Waals surface area contributed by atoms with Crippen molar-refractivity contribution in [2.24, 2.45) is 0 Å². The molecule has 2 aromatic rings. The third kappa shape index (κ3) is 4.25. The predicted octanol–water partition coefficient (Wildman–Crippen LogP) is 3.40. The molecule has 2 amide bonds. The van der Waals surface area contributed by atoms with Crippen molar-refractivity contribution in [2.75, 3.05) is 27.4 Å². The van der Waals surface area contributed by atoms with Gasteiger partial charge < -0.3 is 24.8 Å². The highest BCUT2D eigenvalue weighted by Crippen LogP contribution is 2.44. The van der Waals surface area contributed by atoms with E-state index in [4.69, 9.17) is 9.47 Å². The number of amides is 2. The number of benzene rings is 2. The monoisotopic (exact) mass is 466 g/mol. The number of hydrogen-bond donors (Lipinski definition) is 2. The number of aliphatic carboxylic acids is 1. The highest BCUT2D eigenvalue weighted by molar-refractivity contribution is 5.91. The third-order valence-electron chi connectivity index (χ3n) is 7.10. The van der Waals surface area contributed by atoms with E-state index in [1.54, 1.807) is 0 Å². The fraction of sp³-hybridized carbons (Fsp3) is 0.423. The minimum Gasteiger partial charge on any atom is -0.479 e. The van der Waals surface area contributed by atoms with Crippen LogP contribution in [0.4, 0.5) is 4.79 Å². The van der Waals surface area contributed by atoms with Crippen molar-refractivity contribution in [3.05, 3.63) is 59.7 Å². The van der Waals surface area contributed by atoms with Gasteiger partial charge in [0.15, 0.2) is 0 Å². The van der Waals surface area contributed by atoms with Crippen LogP contribution in [0.1, 0.15) is 42.7 Å². The molecule has 0 radical (unpaired) electrons. The number of rotatable bonds is 9. The molecule has 34 heavy (non-hydrogen) atoms. The standard InChI is InChI=1S/C26H30N2O6/c1-28(26(24(30)31)13-7-14-26)23(29)22(12-15-33-2)27-25(32)34-16-21-19-10-5-3-8-17(19)18-9-4-6-11-20(18)21/h3-6,8-11,21-22H,7,12-16H2,1-2H3,(H,27,32)(H,30,31). The average Bonchev–Trinajstić information content (AvgIpc) is 3.12. The lowest BCUT2D eigenvalue weighted by Crippen LogP contribution is -2.63. The van der Waals surface area contributed by atoms with Gasteiger partial charge in [0.2, 0.25) is 5.91 Å². The Kier molecular flexibility index (Phi) is 6.88. The number of likely N-dealkylation sites (N-methyl/N-ethyl adjacent to an activating group) is 1. The maximum atomic E-state index is 13.2. The SMILES string of the molecule is COCCC(NC(=O)OCC1c2ccccc2-c2ccccc21)C(=O)N(C)C1(C(=O)O)CCC1. The van der Waals surface area contributed by atoms with Gasteiger partial charge in [0.25, 0.3) is 0 Å². The molecule has 2 aromatic carbocycles. The van der Waals surface area contributed by atoms with Crippen LogP contribution in [0, 0.1) is 0 Å². The van der Waals surface area contributed by atoms with Gasteiger partial charge in [0.05, 0.1) is 0 Å². The fourth-order valence-electron chi connectivity index (χ4n) is 4.92. The first-order valence-electron chi connectivity index (χ1n) is 11.5. The molecule has 0 bridgehead atoms. The Bertz CT molecular complexity index is 1030. The number of nitrogens with one attached hydrogen (secondary N) is 1. The summed E-state index contributed by atoms with van der Waals surface area (Å²) in [6, 6.07) is 15.1. The quantitative estimate of drug-likeness (QED) is 0.587. The largest absolute Gasteiger partial charge is 0.479 e. The predicted molar refractivity (Wildman–Crippen MR) is 125 cm³/mol. The van der Waals surface area contributed by atoms with Crippen LogP contribution in [0.2, 0.25) is 0 Å². The first-order valence-corrected chi connectivity index (χ1v) is 11.5. The van der Waals surface area contributed by atoms with Gasteiger partial charge in [-0.05, 0) is 41.5 Å². The van der Waals surface area contributed by atoms with Gasteiger partial charge in [-0.3, -0.25) is 4.79 Å². The lowest BCUT2D eigenvalue weighted by Gasteiger charge is -2.45. The molecule has 1 fully saturated rings. The first-order chi connectivity index (χ1) is 16.4.